The lowest BCUT2D eigenvalue weighted by molar-refractivity contribution is -0.122. The van der Waals surface area contributed by atoms with E-state index in [9.17, 15) is 4.79 Å². The van der Waals surface area contributed by atoms with Crippen molar-refractivity contribution in [3.8, 4) is 0 Å². The Balaban J connectivity index is 2.61. The van der Waals surface area contributed by atoms with Gasteiger partial charge in [-0.3, -0.25) is 9.69 Å². The molecule has 1 atom stereocenters. The van der Waals surface area contributed by atoms with E-state index in [1.165, 1.54) is 11.1 Å². The summed E-state index contributed by atoms with van der Waals surface area (Å²) in [6.07, 6.45) is 0.451. The van der Waals surface area contributed by atoms with E-state index in [2.05, 4.69) is 29.3 Å². The van der Waals surface area contributed by atoms with Gasteiger partial charge in [-0.25, -0.2) is 0 Å². The average Bonchev–Trinajstić information content (AvgIpc) is 2.39. The van der Waals surface area contributed by atoms with Crippen LogP contribution in [0.3, 0.4) is 0 Å². The van der Waals surface area contributed by atoms with Gasteiger partial charge in [-0.1, -0.05) is 24.3 Å². The highest BCUT2D eigenvalue weighted by atomic mass is 16.1. The summed E-state index contributed by atoms with van der Waals surface area (Å²) >= 11 is 0. The van der Waals surface area contributed by atoms with E-state index in [4.69, 9.17) is 5.73 Å². The van der Waals surface area contributed by atoms with E-state index in [0.717, 1.165) is 6.54 Å². The molecule has 0 radical (unpaired) electrons. The molecule has 4 heteroatoms. The van der Waals surface area contributed by atoms with Crippen molar-refractivity contribution in [2.45, 2.75) is 32.9 Å². The topological polar surface area (TPSA) is 58.4 Å². The third-order valence-corrected chi connectivity index (χ3v) is 3.37. The Labute approximate surface area is 116 Å². The molecule has 0 aliphatic heterocycles. The second kappa shape index (κ2) is 7.92. The zero-order chi connectivity index (χ0) is 14.3. The van der Waals surface area contributed by atoms with E-state index in [0.29, 0.717) is 19.5 Å². The first kappa shape index (κ1) is 15.7. The maximum Gasteiger partial charge on any atom is 0.221 e. The van der Waals surface area contributed by atoms with Crippen LogP contribution in [-0.4, -0.2) is 37.0 Å². The molecular formula is C15H25N3O. The summed E-state index contributed by atoms with van der Waals surface area (Å²) in [5.74, 6) is 0.0644. The highest BCUT2D eigenvalue weighted by molar-refractivity contribution is 5.76. The number of hydrogen-bond donors (Lipinski definition) is 2. The third kappa shape index (κ3) is 5.01. The highest BCUT2D eigenvalue weighted by Gasteiger charge is 2.17. The summed E-state index contributed by atoms with van der Waals surface area (Å²) in [6.45, 7) is 5.99. The standard InChI is InChI=1S/C15H25N3O/c1-4-17-15(19)9-14(10-16)18(3)11-13-8-6-5-7-12(13)2/h5-8,14H,4,9-11,16H2,1-3H3,(H,17,19). The summed E-state index contributed by atoms with van der Waals surface area (Å²) < 4.78 is 0. The number of likely N-dealkylation sites (N-methyl/N-ethyl adjacent to an activating group) is 1. The predicted octanol–water partition coefficient (Wildman–Crippen LogP) is 1.28. The monoisotopic (exact) mass is 263 g/mol. The molecule has 1 unspecified atom stereocenters. The average molecular weight is 263 g/mol. The molecule has 19 heavy (non-hydrogen) atoms. The first-order valence-electron chi connectivity index (χ1n) is 6.80. The molecule has 0 aromatic heterocycles. The fourth-order valence-electron chi connectivity index (χ4n) is 2.09. The molecule has 3 N–H and O–H groups in total. The second-order valence-electron chi connectivity index (χ2n) is 4.89. The van der Waals surface area contributed by atoms with Gasteiger partial charge in [0.2, 0.25) is 5.91 Å². The van der Waals surface area contributed by atoms with Gasteiger partial charge >= 0.3 is 0 Å². The van der Waals surface area contributed by atoms with Crippen LogP contribution in [0, 0.1) is 6.92 Å². The number of rotatable bonds is 7. The molecule has 0 spiro atoms. The van der Waals surface area contributed by atoms with Gasteiger partial charge in [-0.05, 0) is 32.0 Å². The Morgan fingerprint density at radius 3 is 2.68 bits per heavy atom. The van der Waals surface area contributed by atoms with E-state index < -0.39 is 0 Å². The van der Waals surface area contributed by atoms with Crippen LogP contribution in [0.2, 0.25) is 0 Å². The number of carbonyl (C=O) groups is 1. The lowest BCUT2D eigenvalue weighted by Gasteiger charge is -2.27. The number of amides is 1. The van der Waals surface area contributed by atoms with Gasteiger partial charge in [0.1, 0.15) is 0 Å². The molecule has 1 aromatic rings. The van der Waals surface area contributed by atoms with E-state index in [1.807, 2.05) is 26.1 Å². The first-order valence-corrected chi connectivity index (χ1v) is 6.80. The number of benzene rings is 1. The summed E-state index contributed by atoms with van der Waals surface area (Å²) in [4.78, 5) is 13.8. The zero-order valence-electron chi connectivity index (χ0n) is 12.1. The normalized spacial score (nSPS) is 12.5. The molecule has 0 saturated carbocycles. The summed E-state index contributed by atoms with van der Waals surface area (Å²) in [7, 11) is 2.02. The lowest BCUT2D eigenvalue weighted by atomic mass is 10.1. The number of nitrogens with two attached hydrogens (primary N) is 1. The Kier molecular flexibility index (Phi) is 6.53. The minimum Gasteiger partial charge on any atom is -0.356 e. The molecule has 4 nitrogen and oxygen atoms in total. The fourth-order valence-corrected chi connectivity index (χ4v) is 2.09. The largest absolute Gasteiger partial charge is 0.356 e. The highest BCUT2D eigenvalue weighted by Crippen LogP contribution is 2.12. The van der Waals surface area contributed by atoms with Crippen molar-refractivity contribution in [2.24, 2.45) is 5.73 Å². The van der Waals surface area contributed by atoms with Crippen molar-refractivity contribution in [1.29, 1.82) is 0 Å². The Bertz CT molecular complexity index is 406. The summed E-state index contributed by atoms with van der Waals surface area (Å²) in [6, 6.07) is 8.37. The van der Waals surface area contributed by atoms with Gasteiger partial charge in [-0.2, -0.15) is 0 Å². The molecule has 0 heterocycles. The maximum atomic E-state index is 11.6. The molecule has 1 aromatic carbocycles. The van der Waals surface area contributed by atoms with E-state index in [-0.39, 0.29) is 11.9 Å². The van der Waals surface area contributed by atoms with E-state index in [1.54, 1.807) is 0 Å². The number of nitrogens with one attached hydrogen (secondary N) is 1. The van der Waals surface area contributed by atoms with Gasteiger partial charge in [-0.15, -0.1) is 0 Å². The van der Waals surface area contributed by atoms with Crippen LogP contribution in [0.5, 0.6) is 0 Å². The Morgan fingerprint density at radius 2 is 2.11 bits per heavy atom. The molecule has 0 saturated heterocycles. The number of carbonyl (C=O) groups excluding carboxylic acids is 1. The molecule has 0 fully saturated rings. The SMILES string of the molecule is CCNC(=O)CC(CN)N(C)Cc1ccccc1C. The van der Waals surface area contributed by atoms with Crippen LogP contribution < -0.4 is 11.1 Å². The molecule has 0 aliphatic carbocycles. The lowest BCUT2D eigenvalue weighted by Crippen LogP contribution is -2.41. The van der Waals surface area contributed by atoms with Crippen LogP contribution in [0.4, 0.5) is 0 Å². The molecule has 0 bridgehead atoms. The number of hydrogen-bond acceptors (Lipinski definition) is 3. The van der Waals surface area contributed by atoms with Crippen LogP contribution in [0.15, 0.2) is 24.3 Å². The predicted molar refractivity (Wildman–Crippen MR) is 78.8 cm³/mol. The fraction of sp³-hybridized carbons (Fsp3) is 0.533. The van der Waals surface area contributed by atoms with Gasteiger partial charge < -0.3 is 11.1 Å². The van der Waals surface area contributed by atoms with Gasteiger partial charge in [0, 0.05) is 32.1 Å². The van der Waals surface area contributed by atoms with Crippen molar-refractivity contribution in [3.05, 3.63) is 35.4 Å². The summed E-state index contributed by atoms with van der Waals surface area (Å²) in [5.41, 5.74) is 8.33. The minimum atomic E-state index is 0.0644. The molecule has 1 amide bonds. The van der Waals surface area contributed by atoms with Crippen molar-refractivity contribution >= 4 is 5.91 Å². The maximum absolute atomic E-state index is 11.6. The van der Waals surface area contributed by atoms with Crippen LogP contribution in [0.1, 0.15) is 24.5 Å². The van der Waals surface area contributed by atoms with E-state index >= 15 is 0 Å². The molecule has 1 rings (SSSR count). The third-order valence-electron chi connectivity index (χ3n) is 3.37. The number of nitrogens with zero attached hydrogens (tertiary/aromatic N) is 1. The van der Waals surface area contributed by atoms with Crippen molar-refractivity contribution in [2.75, 3.05) is 20.1 Å². The summed E-state index contributed by atoms with van der Waals surface area (Å²) in [5, 5.41) is 2.82. The van der Waals surface area contributed by atoms with Crippen LogP contribution >= 0.6 is 0 Å². The molecule has 106 valence electrons. The van der Waals surface area contributed by atoms with Crippen LogP contribution in [-0.2, 0) is 11.3 Å². The second-order valence-corrected chi connectivity index (χ2v) is 4.89. The van der Waals surface area contributed by atoms with Gasteiger partial charge in [0.25, 0.3) is 0 Å². The molecular weight excluding hydrogens is 238 g/mol. The van der Waals surface area contributed by atoms with Crippen molar-refractivity contribution < 1.29 is 4.79 Å². The smallest absolute Gasteiger partial charge is 0.221 e. The number of aryl methyl sites for hydroxylation is 1. The Hall–Kier alpha value is -1.39. The van der Waals surface area contributed by atoms with Gasteiger partial charge in [0.05, 0.1) is 0 Å². The van der Waals surface area contributed by atoms with Crippen LogP contribution in [0.25, 0.3) is 0 Å². The van der Waals surface area contributed by atoms with Crippen molar-refractivity contribution in [3.63, 3.8) is 0 Å². The first-order chi connectivity index (χ1) is 9.08. The Morgan fingerprint density at radius 1 is 1.42 bits per heavy atom. The minimum absolute atomic E-state index is 0.0644. The van der Waals surface area contributed by atoms with Gasteiger partial charge in [0.15, 0.2) is 0 Å². The quantitative estimate of drug-likeness (QED) is 0.779. The zero-order valence-corrected chi connectivity index (χ0v) is 12.1. The molecule has 0 aliphatic rings. The van der Waals surface area contributed by atoms with Crippen molar-refractivity contribution in [1.82, 2.24) is 10.2 Å².